The number of thiazole rings is 1. The highest BCUT2D eigenvalue weighted by molar-refractivity contribution is 7.09. The van der Waals surface area contributed by atoms with Gasteiger partial charge in [-0.25, -0.2) is 4.98 Å². The molecule has 18 heavy (non-hydrogen) atoms. The Bertz CT molecular complexity index is 568. The van der Waals surface area contributed by atoms with Gasteiger partial charge >= 0.3 is 0 Å². The predicted octanol–water partition coefficient (Wildman–Crippen LogP) is 3.53. The lowest BCUT2D eigenvalue weighted by Crippen LogP contribution is -2.07. The van der Waals surface area contributed by atoms with Crippen LogP contribution in [0.25, 0.3) is 0 Å². The molecule has 0 amide bonds. The summed E-state index contributed by atoms with van der Waals surface area (Å²) < 4.78 is 0. The Kier molecular flexibility index (Phi) is 3.57. The van der Waals surface area contributed by atoms with Gasteiger partial charge < -0.3 is 5.32 Å². The van der Waals surface area contributed by atoms with E-state index < -0.39 is 4.92 Å². The first-order valence-electron chi connectivity index (χ1n) is 5.49. The van der Waals surface area contributed by atoms with Crippen molar-refractivity contribution in [1.82, 2.24) is 4.98 Å². The maximum atomic E-state index is 10.7. The molecule has 1 heterocycles. The number of benzene rings is 1. The molecule has 1 N–H and O–H groups in total. The molecule has 0 aliphatic heterocycles. The fraction of sp³-hybridized carbons (Fsp3) is 0.250. The van der Waals surface area contributed by atoms with Crippen molar-refractivity contribution in [2.75, 3.05) is 5.32 Å². The van der Waals surface area contributed by atoms with E-state index in [0.29, 0.717) is 0 Å². The van der Waals surface area contributed by atoms with Crippen LogP contribution >= 0.6 is 11.3 Å². The van der Waals surface area contributed by atoms with Crippen molar-refractivity contribution in [1.29, 1.82) is 0 Å². The van der Waals surface area contributed by atoms with E-state index in [1.807, 2.05) is 25.3 Å². The van der Waals surface area contributed by atoms with Gasteiger partial charge in [-0.2, -0.15) is 0 Å². The van der Waals surface area contributed by atoms with E-state index in [1.165, 1.54) is 12.1 Å². The van der Waals surface area contributed by atoms with Crippen molar-refractivity contribution in [2.45, 2.75) is 19.9 Å². The van der Waals surface area contributed by atoms with Gasteiger partial charge in [0, 0.05) is 23.2 Å². The molecule has 2 rings (SSSR count). The van der Waals surface area contributed by atoms with Gasteiger partial charge in [0.2, 0.25) is 0 Å². The Morgan fingerprint density at radius 3 is 2.89 bits per heavy atom. The number of nitro benzene ring substituents is 1. The highest BCUT2D eigenvalue weighted by atomic mass is 32.1. The van der Waals surface area contributed by atoms with E-state index in [-0.39, 0.29) is 11.7 Å². The largest absolute Gasteiger partial charge is 0.377 e. The first kappa shape index (κ1) is 12.5. The van der Waals surface area contributed by atoms with Gasteiger partial charge in [-0.3, -0.25) is 10.1 Å². The number of non-ortho nitro benzene ring substituents is 1. The second kappa shape index (κ2) is 5.14. The molecule has 0 aliphatic carbocycles. The molecular formula is C12H13N3O2S. The van der Waals surface area contributed by atoms with E-state index in [0.717, 1.165) is 16.4 Å². The van der Waals surface area contributed by atoms with Gasteiger partial charge in [0.15, 0.2) is 0 Å². The number of hydrogen-bond acceptors (Lipinski definition) is 5. The lowest BCUT2D eigenvalue weighted by molar-refractivity contribution is -0.384. The third-order valence-electron chi connectivity index (χ3n) is 2.52. The molecule has 1 aromatic heterocycles. The first-order valence-corrected chi connectivity index (χ1v) is 6.37. The number of nitro groups is 1. The normalized spacial score (nSPS) is 12.1. The zero-order chi connectivity index (χ0) is 13.1. The van der Waals surface area contributed by atoms with Crippen molar-refractivity contribution < 1.29 is 4.92 Å². The molecule has 1 aromatic carbocycles. The minimum absolute atomic E-state index is 0.0250. The molecule has 0 aliphatic rings. The molecule has 5 nitrogen and oxygen atoms in total. The second-order valence-electron chi connectivity index (χ2n) is 3.96. The van der Waals surface area contributed by atoms with E-state index in [2.05, 4.69) is 10.3 Å². The highest BCUT2D eigenvalue weighted by Gasteiger charge is 2.11. The third-order valence-corrected chi connectivity index (χ3v) is 3.31. The SMILES string of the molecule is Cc1nc(C(C)Nc2cccc([N+](=O)[O-])c2)cs1. The summed E-state index contributed by atoms with van der Waals surface area (Å²) in [4.78, 5) is 14.7. The maximum Gasteiger partial charge on any atom is 0.271 e. The van der Waals surface area contributed by atoms with E-state index >= 15 is 0 Å². The van der Waals surface area contributed by atoms with Gasteiger partial charge in [-0.15, -0.1) is 11.3 Å². The number of rotatable bonds is 4. The highest BCUT2D eigenvalue weighted by Crippen LogP contribution is 2.23. The summed E-state index contributed by atoms with van der Waals surface area (Å²) in [5.74, 6) is 0. The van der Waals surface area contributed by atoms with Crippen LogP contribution in [0, 0.1) is 17.0 Å². The molecule has 0 saturated carbocycles. The Balaban J connectivity index is 2.14. The second-order valence-corrected chi connectivity index (χ2v) is 5.03. The molecule has 0 radical (unpaired) electrons. The van der Waals surface area contributed by atoms with Crippen molar-refractivity contribution in [3.05, 3.63) is 50.5 Å². The number of hydrogen-bond donors (Lipinski definition) is 1. The molecule has 1 unspecified atom stereocenters. The zero-order valence-corrected chi connectivity index (χ0v) is 10.9. The van der Waals surface area contributed by atoms with Crippen LogP contribution < -0.4 is 5.32 Å². The molecular weight excluding hydrogens is 250 g/mol. The van der Waals surface area contributed by atoms with E-state index in [9.17, 15) is 10.1 Å². The molecule has 2 aromatic rings. The molecule has 6 heteroatoms. The van der Waals surface area contributed by atoms with Crippen molar-refractivity contribution in [3.8, 4) is 0 Å². The maximum absolute atomic E-state index is 10.7. The monoisotopic (exact) mass is 263 g/mol. The minimum atomic E-state index is -0.400. The quantitative estimate of drug-likeness (QED) is 0.676. The molecule has 0 bridgehead atoms. The van der Waals surface area contributed by atoms with Gasteiger partial charge in [-0.1, -0.05) is 6.07 Å². The van der Waals surface area contributed by atoms with Crippen LogP contribution in [0.4, 0.5) is 11.4 Å². The van der Waals surface area contributed by atoms with Crippen LogP contribution in [0.1, 0.15) is 23.7 Å². The average Bonchev–Trinajstić information content (AvgIpc) is 2.76. The number of aromatic nitrogens is 1. The van der Waals surface area contributed by atoms with Crippen LogP contribution in [0.2, 0.25) is 0 Å². The van der Waals surface area contributed by atoms with Crippen LogP contribution in [-0.4, -0.2) is 9.91 Å². The number of aryl methyl sites for hydroxylation is 1. The Morgan fingerprint density at radius 2 is 2.28 bits per heavy atom. The lowest BCUT2D eigenvalue weighted by Gasteiger charge is -2.12. The summed E-state index contributed by atoms with van der Waals surface area (Å²) >= 11 is 1.59. The topological polar surface area (TPSA) is 68.1 Å². The molecule has 0 saturated heterocycles. The molecule has 0 fully saturated rings. The standard InChI is InChI=1S/C12H13N3O2S/c1-8(12-7-18-9(2)14-12)13-10-4-3-5-11(6-10)15(16)17/h3-8,13H,1-2H3. The Hall–Kier alpha value is -1.95. The summed E-state index contributed by atoms with van der Waals surface area (Å²) in [6, 6.07) is 6.50. The number of nitrogens with one attached hydrogen (secondary N) is 1. The van der Waals surface area contributed by atoms with Crippen LogP contribution in [0.3, 0.4) is 0 Å². The lowest BCUT2D eigenvalue weighted by atomic mass is 10.2. The van der Waals surface area contributed by atoms with Crippen LogP contribution in [-0.2, 0) is 0 Å². The van der Waals surface area contributed by atoms with Crippen molar-refractivity contribution in [2.24, 2.45) is 0 Å². The fourth-order valence-electron chi connectivity index (χ4n) is 1.61. The summed E-state index contributed by atoms with van der Waals surface area (Å²) in [5.41, 5.74) is 1.76. The van der Waals surface area contributed by atoms with Crippen molar-refractivity contribution >= 4 is 22.7 Å². The fourth-order valence-corrected chi connectivity index (χ4v) is 2.32. The third kappa shape index (κ3) is 2.84. The number of nitrogens with zero attached hydrogens (tertiary/aromatic N) is 2. The smallest absolute Gasteiger partial charge is 0.271 e. The molecule has 0 spiro atoms. The summed E-state index contributed by atoms with van der Waals surface area (Å²) in [7, 11) is 0. The first-order chi connectivity index (χ1) is 8.56. The summed E-state index contributed by atoms with van der Waals surface area (Å²) in [6.45, 7) is 3.93. The van der Waals surface area contributed by atoms with Gasteiger partial charge in [0.05, 0.1) is 21.7 Å². The zero-order valence-electron chi connectivity index (χ0n) is 10.1. The minimum Gasteiger partial charge on any atom is -0.377 e. The van der Waals surface area contributed by atoms with Gasteiger partial charge in [0.1, 0.15) is 0 Å². The van der Waals surface area contributed by atoms with Gasteiger partial charge in [-0.05, 0) is 19.9 Å². The van der Waals surface area contributed by atoms with E-state index in [4.69, 9.17) is 0 Å². The van der Waals surface area contributed by atoms with Crippen LogP contribution in [0.15, 0.2) is 29.6 Å². The number of anilines is 1. The van der Waals surface area contributed by atoms with Gasteiger partial charge in [0.25, 0.3) is 5.69 Å². The molecule has 1 atom stereocenters. The Morgan fingerprint density at radius 1 is 1.50 bits per heavy atom. The predicted molar refractivity (Wildman–Crippen MR) is 72.0 cm³/mol. The van der Waals surface area contributed by atoms with Crippen molar-refractivity contribution in [3.63, 3.8) is 0 Å². The Labute approximate surface area is 109 Å². The van der Waals surface area contributed by atoms with E-state index in [1.54, 1.807) is 17.4 Å². The summed E-state index contributed by atoms with van der Waals surface area (Å²) in [5, 5.41) is 16.9. The van der Waals surface area contributed by atoms with Crippen LogP contribution in [0.5, 0.6) is 0 Å². The summed E-state index contributed by atoms with van der Waals surface area (Å²) in [6.07, 6.45) is 0. The average molecular weight is 263 g/mol. The molecule has 94 valence electrons.